The maximum Gasteiger partial charge on any atom is 0.0349 e. The summed E-state index contributed by atoms with van der Waals surface area (Å²) in [7, 11) is 0. The zero-order chi connectivity index (χ0) is 13.9. The van der Waals surface area contributed by atoms with Gasteiger partial charge in [0, 0.05) is 20.9 Å². The van der Waals surface area contributed by atoms with Crippen LogP contribution >= 0.6 is 27.3 Å². The first-order valence-electron chi connectivity index (χ1n) is 6.69. The van der Waals surface area contributed by atoms with Gasteiger partial charge in [-0.25, -0.2) is 0 Å². The Morgan fingerprint density at radius 1 is 1.10 bits per heavy atom. The molecule has 1 heterocycles. The summed E-state index contributed by atoms with van der Waals surface area (Å²) in [6, 6.07) is 17.7. The molecule has 0 bridgehead atoms. The molecular weight excluding hydrogens is 330 g/mol. The first-order chi connectivity index (χ1) is 9.70. The van der Waals surface area contributed by atoms with Gasteiger partial charge in [0.2, 0.25) is 0 Å². The van der Waals surface area contributed by atoms with E-state index in [1.807, 2.05) is 0 Å². The Labute approximate surface area is 131 Å². The second-order valence-electron chi connectivity index (χ2n) is 5.05. The van der Waals surface area contributed by atoms with Gasteiger partial charge in [0.15, 0.2) is 0 Å². The molecule has 3 heteroatoms. The van der Waals surface area contributed by atoms with E-state index in [2.05, 4.69) is 82.1 Å². The van der Waals surface area contributed by atoms with Crippen LogP contribution in [0.25, 0.3) is 10.1 Å². The lowest BCUT2D eigenvalue weighted by molar-refractivity contribution is 0.790. The molecule has 20 heavy (non-hydrogen) atoms. The largest absolute Gasteiger partial charge is 0.382 e. The molecular formula is C17H16BrNS. The molecule has 3 aromatic rings. The zero-order valence-corrected chi connectivity index (χ0v) is 13.7. The smallest absolute Gasteiger partial charge is 0.0349 e. The highest BCUT2D eigenvalue weighted by molar-refractivity contribution is 9.10. The van der Waals surface area contributed by atoms with Crippen molar-refractivity contribution in [1.82, 2.24) is 0 Å². The van der Waals surface area contributed by atoms with Gasteiger partial charge in [-0.05, 0) is 66.1 Å². The van der Waals surface area contributed by atoms with Gasteiger partial charge in [-0.3, -0.25) is 0 Å². The van der Waals surface area contributed by atoms with Crippen molar-refractivity contribution in [1.29, 1.82) is 0 Å². The van der Waals surface area contributed by atoms with Crippen LogP contribution in [0.4, 0.5) is 5.69 Å². The van der Waals surface area contributed by atoms with Crippen molar-refractivity contribution >= 4 is 43.0 Å². The molecule has 0 fully saturated rings. The topological polar surface area (TPSA) is 12.0 Å². The minimum atomic E-state index is 0.410. The van der Waals surface area contributed by atoms with Gasteiger partial charge in [0.05, 0.1) is 0 Å². The normalized spacial score (nSPS) is 12.5. The maximum atomic E-state index is 3.58. The lowest BCUT2D eigenvalue weighted by Crippen LogP contribution is -2.17. The number of halogens is 1. The molecule has 0 amide bonds. The molecule has 1 unspecified atom stereocenters. The SMILES string of the molecule is CC(Cc1ccc(Br)cc1)Nc1ccc2sccc2c1. The number of fused-ring (bicyclic) bond motifs is 1. The second-order valence-corrected chi connectivity index (χ2v) is 6.91. The number of hydrogen-bond acceptors (Lipinski definition) is 2. The molecule has 0 spiro atoms. The van der Waals surface area contributed by atoms with E-state index >= 15 is 0 Å². The molecule has 0 saturated heterocycles. The van der Waals surface area contributed by atoms with E-state index in [4.69, 9.17) is 0 Å². The fourth-order valence-electron chi connectivity index (χ4n) is 2.37. The highest BCUT2D eigenvalue weighted by atomic mass is 79.9. The van der Waals surface area contributed by atoms with Crippen LogP contribution in [0.5, 0.6) is 0 Å². The third-order valence-electron chi connectivity index (χ3n) is 3.32. The summed E-state index contributed by atoms with van der Waals surface area (Å²) in [6.07, 6.45) is 1.02. The van der Waals surface area contributed by atoms with Crippen molar-refractivity contribution in [3.05, 3.63) is 63.9 Å². The molecule has 0 aliphatic rings. The number of thiophene rings is 1. The molecule has 1 atom stereocenters. The molecule has 3 rings (SSSR count). The van der Waals surface area contributed by atoms with Crippen LogP contribution in [0.2, 0.25) is 0 Å². The highest BCUT2D eigenvalue weighted by Gasteiger charge is 2.05. The summed E-state index contributed by atoms with van der Waals surface area (Å²) in [5.41, 5.74) is 2.55. The van der Waals surface area contributed by atoms with Crippen molar-refractivity contribution in [3.63, 3.8) is 0 Å². The zero-order valence-electron chi connectivity index (χ0n) is 11.3. The van der Waals surface area contributed by atoms with Crippen molar-refractivity contribution in [2.24, 2.45) is 0 Å². The number of rotatable bonds is 4. The van der Waals surface area contributed by atoms with E-state index in [-0.39, 0.29) is 0 Å². The first kappa shape index (κ1) is 13.7. The predicted molar refractivity (Wildman–Crippen MR) is 92.8 cm³/mol. The van der Waals surface area contributed by atoms with Crippen molar-refractivity contribution < 1.29 is 0 Å². The Bertz CT molecular complexity index is 702. The van der Waals surface area contributed by atoms with Gasteiger partial charge in [-0.15, -0.1) is 11.3 Å². The molecule has 1 nitrogen and oxygen atoms in total. The van der Waals surface area contributed by atoms with Gasteiger partial charge in [-0.1, -0.05) is 28.1 Å². The van der Waals surface area contributed by atoms with Gasteiger partial charge in [0.25, 0.3) is 0 Å². The second kappa shape index (κ2) is 5.98. The van der Waals surface area contributed by atoms with Gasteiger partial charge >= 0.3 is 0 Å². The van der Waals surface area contributed by atoms with E-state index in [0.29, 0.717) is 6.04 Å². The molecule has 0 radical (unpaired) electrons. The van der Waals surface area contributed by atoms with Crippen molar-refractivity contribution in [3.8, 4) is 0 Å². The summed E-state index contributed by atoms with van der Waals surface area (Å²) in [4.78, 5) is 0. The minimum absolute atomic E-state index is 0.410. The average molecular weight is 346 g/mol. The van der Waals surface area contributed by atoms with Gasteiger partial charge < -0.3 is 5.32 Å². The van der Waals surface area contributed by atoms with Gasteiger partial charge in [-0.2, -0.15) is 0 Å². The number of anilines is 1. The maximum absolute atomic E-state index is 3.58. The van der Waals surface area contributed by atoms with E-state index in [0.717, 1.165) is 10.9 Å². The summed E-state index contributed by atoms with van der Waals surface area (Å²) >= 11 is 5.26. The van der Waals surface area contributed by atoms with Gasteiger partial charge in [0.1, 0.15) is 0 Å². The Morgan fingerprint density at radius 2 is 1.90 bits per heavy atom. The van der Waals surface area contributed by atoms with Crippen LogP contribution in [-0.2, 0) is 6.42 Å². The molecule has 1 N–H and O–H groups in total. The van der Waals surface area contributed by atoms with Crippen LogP contribution in [0.3, 0.4) is 0 Å². The lowest BCUT2D eigenvalue weighted by Gasteiger charge is -2.15. The van der Waals surface area contributed by atoms with E-state index < -0.39 is 0 Å². The number of hydrogen-bond donors (Lipinski definition) is 1. The molecule has 102 valence electrons. The third-order valence-corrected chi connectivity index (χ3v) is 4.75. The molecule has 1 aromatic heterocycles. The first-order valence-corrected chi connectivity index (χ1v) is 8.36. The molecule has 0 aliphatic carbocycles. The standard InChI is InChI=1S/C17H16BrNS/c1-12(10-13-2-4-15(18)5-3-13)19-16-6-7-17-14(11-16)8-9-20-17/h2-9,11-12,19H,10H2,1H3. The fourth-order valence-corrected chi connectivity index (χ4v) is 3.40. The number of nitrogens with one attached hydrogen (secondary N) is 1. The van der Waals surface area contributed by atoms with Crippen LogP contribution in [0.15, 0.2) is 58.4 Å². The third kappa shape index (κ3) is 3.22. The average Bonchev–Trinajstić information content (AvgIpc) is 2.89. The van der Waals surface area contributed by atoms with Crippen molar-refractivity contribution in [2.75, 3.05) is 5.32 Å². The van der Waals surface area contributed by atoms with E-state index in [9.17, 15) is 0 Å². The summed E-state index contributed by atoms with van der Waals surface area (Å²) in [5, 5.41) is 7.03. The van der Waals surface area contributed by atoms with E-state index in [1.54, 1.807) is 11.3 Å². The molecule has 0 aliphatic heterocycles. The Kier molecular flexibility index (Phi) is 4.08. The molecule has 0 saturated carbocycles. The Morgan fingerprint density at radius 3 is 2.70 bits per heavy atom. The fraction of sp³-hybridized carbons (Fsp3) is 0.176. The minimum Gasteiger partial charge on any atom is -0.382 e. The number of benzene rings is 2. The lowest BCUT2D eigenvalue weighted by atomic mass is 10.1. The summed E-state index contributed by atoms with van der Waals surface area (Å²) in [6.45, 7) is 2.22. The predicted octanol–water partition coefficient (Wildman–Crippen LogP) is 5.71. The van der Waals surface area contributed by atoms with Crippen LogP contribution in [0.1, 0.15) is 12.5 Å². The summed E-state index contributed by atoms with van der Waals surface area (Å²) < 4.78 is 2.47. The molecule has 2 aromatic carbocycles. The summed E-state index contributed by atoms with van der Waals surface area (Å²) in [5.74, 6) is 0. The van der Waals surface area contributed by atoms with Crippen LogP contribution in [0, 0.1) is 0 Å². The van der Waals surface area contributed by atoms with E-state index in [1.165, 1.54) is 21.3 Å². The highest BCUT2D eigenvalue weighted by Crippen LogP contribution is 2.24. The van der Waals surface area contributed by atoms with Crippen molar-refractivity contribution in [2.45, 2.75) is 19.4 Å². The van der Waals surface area contributed by atoms with Crippen LogP contribution < -0.4 is 5.32 Å². The quantitative estimate of drug-likeness (QED) is 0.638. The Hall–Kier alpha value is -1.32. The Balaban J connectivity index is 1.68. The van der Waals surface area contributed by atoms with Crippen LogP contribution in [-0.4, -0.2) is 6.04 Å². The monoisotopic (exact) mass is 345 g/mol.